The smallest absolute Gasteiger partial charge is 0.311 e. The second-order valence-electron chi connectivity index (χ2n) is 7.00. The highest BCUT2D eigenvalue weighted by Gasteiger charge is 2.19. The molecule has 0 radical (unpaired) electrons. The highest BCUT2D eigenvalue weighted by Crippen LogP contribution is 2.36. The molecule has 0 bridgehead atoms. The van der Waals surface area contributed by atoms with Gasteiger partial charge in [0.2, 0.25) is 0 Å². The van der Waals surface area contributed by atoms with Gasteiger partial charge in [0, 0.05) is 17.0 Å². The van der Waals surface area contributed by atoms with Crippen molar-refractivity contribution in [2.75, 3.05) is 13.2 Å². The monoisotopic (exact) mass is 428 g/mol. The number of hydrogen-bond donors (Lipinski definition) is 1. The van der Waals surface area contributed by atoms with Crippen LogP contribution in [0, 0.1) is 5.92 Å². The lowest BCUT2D eigenvalue weighted by molar-refractivity contribution is -0.147. The molecule has 2 heterocycles. The summed E-state index contributed by atoms with van der Waals surface area (Å²) in [6.07, 6.45) is 0.990. The SMILES string of the molecule is CC(C)CCNC(=O)COC(=O)Cc1sc(-c2ccccc2)nc1-c1cccs1. The molecule has 2 aromatic heterocycles. The molecule has 0 unspecified atom stereocenters. The number of esters is 1. The van der Waals surface area contributed by atoms with Crippen molar-refractivity contribution >= 4 is 34.6 Å². The Bertz CT molecular complexity index is 934. The number of carbonyl (C=O) groups excluding carboxylic acids is 2. The van der Waals surface area contributed by atoms with Crippen molar-refractivity contribution in [3.63, 3.8) is 0 Å². The summed E-state index contributed by atoms with van der Waals surface area (Å²) in [5.74, 6) is -0.185. The first-order valence-corrected chi connectivity index (χ1v) is 11.2. The molecule has 152 valence electrons. The Morgan fingerprint density at radius 1 is 1.14 bits per heavy atom. The van der Waals surface area contributed by atoms with Crippen molar-refractivity contribution in [2.24, 2.45) is 5.92 Å². The highest BCUT2D eigenvalue weighted by atomic mass is 32.1. The lowest BCUT2D eigenvalue weighted by Gasteiger charge is -2.08. The molecule has 1 amide bonds. The standard InChI is InChI=1S/C22H24N2O3S2/c1-15(2)10-11-23-19(25)14-27-20(26)13-18-21(17-9-6-12-28-17)24-22(29-18)16-7-4-3-5-8-16/h3-9,12,15H,10-11,13-14H2,1-2H3,(H,23,25). The highest BCUT2D eigenvalue weighted by molar-refractivity contribution is 7.17. The Kier molecular flexibility index (Phi) is 7.55. The van der Waals surface area contributed by atoms with E-state index in [4.69, 9.17) is 9.72 Å². The van der Waals surface area contributed by atoms with Crippen LogP contribution in [-0.2, 0) is 20.7 Å². The number of nitrogens with zero attached hydrogens (tertiary/aromatic N) is 1. The fourth-order valence-corrected chi connectivity index (χ4v) is 4.53. The van der Waals surface area contributed by atoms with Crippen molar-refractivity contribution in [1.29, 1.82) is 0 Å². The topological polar surface area (TPSA) is 68.3 Å². The molecule has 1 N–H and O–H groups in total. The largest absolute Gasteiger partial charge is 0.455 e. The molecular weight excluding hydrogens is 404 g/mol. The van der Waals surface area contributed by atoms with Crippen LogP contribution in [0.15, 0.2) is 47.8 Å². The third-order valence-electron chi connectivity index (χ3n) is 4.19. The summed E-state index contributed by atoms with van der Waals surface area (Å²) in [5.41, 5.74) is 1.82. The summed E-state index contributed by atoms with van der Waals surface area (Å²) in [7, 11) is 0. The van der Waals surface area contributed by atoms with E-state index < -0.39 is 5.97 Å². The summed E-state index contributed by atoms with van der Waals surface area (Å²) >= 11 is 3.07. The van der Waals surface area contributed by atoms with Gasteiger partial charge in [0.1, 0.15) is 5.01 Å². The van der Waals surface area contributed by atoms with Gasteiger partial charge in [0.25, 0.3) is 5.91 Å². The molecule has 0 aliphatic rings. The van der Waals surface area contributed by atoms with Crippen LogP contribution in [0.2, 0.25) is 0 Å². The van der Waals surface area contributed by atoms with E-state index >= 15 is 0 Å². The first-order chi connectivity index (χ1) is 14.0. The summed E-state index contributed by atoms with van der Waals surface area (Å²) in [5, 5.41) is 5.62. The van der Waals surface area contributed by atoms with Crippen LogP contribution < -0.4 is 5.32 Å². The number of benzene rings is 1. The third-order valence-corrected chi connectivity index (χ3v) is 6.17. The Morgan fingerprint density at radius 2 is 1.93 bits per heavy atom. The minimum absolute atomic E-state index is 0.0943. The van der Waals surface area contributed by atoms with Crippen LogP contribution >= 0.6 is 22.7 Å². The molecule has 0 aliphatic carbocycles. The number of nitrogens with one attached hydrogen (secondary N) is 1. The minimum Gasteiger partial charge on any atom is -0.455 e. The predicted molar refractivity (Wildman–Crippen MR) is 118 cm³/mol. The van der Waals surface area contributed by atoms with Crippen molar-refractivity contribution < 1.29 is 14.3 Å². The number of thiazole rings is 1. The van der Waals surface area contributed by atoms with Crippen LogP contribution in [0.5, 0.6) is 0 Å². The Morgan fingerprint density at radius 3 is 2.62 bits per heavy atom. The maximum Gasteiger partial charge on any atom is 0.311 e. The van der Waals surface area contributed by atoms with Gasteiger partial charge in [-0.05, 0) is 23.8 Å². The van der Waals surface area contributed by atoms with E-state index in [2.05, 4.69) is 19.2 Å². The number of aromatic nitrogens is 1. The van der Waals surface area contributed by atoms with E-state index in [1.807, 2.05) is 47.8 Å². The van der Waals surface area contributed by atoms with E-state index in [1.54, 1.807) is 11.3 Å². The number of amides is 1. The van der Waals surface area contributed by atoms with Crippen molar-refractivity contribution in [3.05, 3.63) is 52.7 Å². The maximum atomic E-state index is 12.3. The average molecular weight is 429 g/mol. The van der Waals surface area contributed by atoms with Gasteiger partial charge in [0.05, 0.1) is 17.0 Å². The van der Waals surface area contributed by atoms with E-state index in [0.29, 0.717) is 12.5 Å². The number of ether oxygens (including phenoxy) is 1. The molecule has 0 saturated heterocycles. The van der Waals surface area contributed by atoms with Crippen molar-refractivity contribution in [1.82, 2.24) is 10.3 Å². The van der Waals surface area contributed by atoms with Gasteiger partial charge in [0.15, 0.2) is 6.61 Å². The molecule has 3 rings (SSSR count). The molecule has 5 nitrogen and oxygen atoms in total. The molecule has 0 fully saturated rings. The molecule has 0 aliphatic heterocycles. The zero-order chi connectivity index (χ0) is 20.6. The van der Waals surface area contributed by atoms with Crippen LogP contribution in [0.1, 0.15) is 25.1 Å². The number of carbonyl (C=O) groups is 2. The molecule has 7 heteroatoms. The van der Waals surface area contributed by atoms with Gasteiger partial charge >= 0.3 is 5.97 Å². The van der Waals surface area contributed by atoms with Crippen LogP contribution in [0.4, 0.5) is 0 Å². The van der Waals surface area contributed by atoms with Gasteiger partial charge in [-0.1, -0.05) is 50.2 Å². The summed E-state index contributed by atoms with van der Waals surface area (Å²) in [6, 6.07) is 13.8. The first kappa shape index (κ1) is 21.2. The fourth-order valence-electron chi connectivity index (χ4n) is 2.66. The lowest BCUT2D eigenvalue weighted by Crippen LogP contribution is -2.30. The number of rotatable bonds is 9. The fraction of sp³-hybridized carbons (Fsp3) is 0.318. The molecular formula is C22H24N2O3S2. The van der Waals surface area contributed by atoms with Gasteiger partial charge in [-0.2, -0.15) is 0 Å². The van der Waals surface area contributed by atoms with E-state index in [9.17, 15) is 9.59 Å². The predicted octanol–water partition coefficient (Wildman–Crippen LogP) is 4.79. The van der Waals surface area contributed by atoms with Gasteiger partial charge in [-0.15, -0.1) is 22.7 Å². The summed E-state index contributed by atoms with van der Waals surface area (Å²) in [4.78, 5) is 30.8. The maximum absolute atomic E-state index is 12.3. The molecule has 0 atom stereocenters. The second-order valence-corrected chi connectivity index (χ2v) is 9.04. The van der Waals surface area contributed by atoms with Crippen LogP contribution in [0.3, 0.4) is 0 Å². The molecule has 29 heavy (non-hydrogen) atoms. The first-order valence-electron chi connectivity index (χ1n) is 9.54. The van der Waals surface area contributed by atoms with Crippen molar-refractivity contribution in [3.8, 4) is 21.1 Å². The van der Waals surface area contributed by atoms with Gasteiger partial charge in [-0.25, -0.2) is 4.98 Å². The van der Waals surface area contributed by atoms with E-state index in [-0.39, 0.29) is 18.9 Å². The molecule has 0 saturated carbocycles. The zero-order valence-corrected chi connectivity index (χ0v) is 18.1. The number of thiophene rings is 1. The third kappa shape index (κ3) is 6.24. The zero-order valence-electron chi connectivity index (χ0n) is 16.5. The van der Waals surface area contributed by atoms with Crippen LogP contribution in [-0.4, -0.2) is 30.0 Å². The van der Waals surface area contributed by atoms with E-state index in [0.717, 1.165) is 32.4 Å². The lowest BCUT2D eigenvalue weighted by atomic mass is 10.1. The molecule has 0 spiro atoms. The normalized spacial score (nSPS) is 10.9. The number of hydrogen-bond acceptors (Lipinski definition) is 6. The van der Waals surface area contributed by atoms with Gasteiger partial charge < -0.3 is 10.1 Å². The Hall–Kier alpha value is -2.51. The summed E-state index contributed by atoms with van der Waals surface area (Å²) in [6.45, 7) is 4.52. The molecule has 1 aromatic carbocycles. The quantitative estimate of drug-likeness (QED) is 0.498. The van der Waals surface area contributed by atoms with Crippen molar-refractivity contribution in [2.45, 2.75) is 26.7 Å². The Balaban J connectivity index is 1.65. The second kappa shape index (κ2) is 10.3. The van der Waals surface area contributed by atoms with Crippen LogP contribution in [0.25, 0.3) is 21.1 Å². The van der Waals surface area contributed by atoms with E-state index in [1.165, 1.54) is 11.3 Å². The Labute approximate surface area is 178 Å². The minimum atomic E-state index is -0.426. The summed E-state index contributed by atoms with van der Waals surface area (Å²) < 4.78 is 5.18. The average Bonchev–Trinajstić information content (AvgIpc) is 3.36. The van der Waals surface area contributed by atoms with Gasteiger partial charge in [-0.3, -0.25) is 9.59 Å². The molecule has 3 aromatic rings.